The van der Waals surface area contributed by atoms with Gasteiger partial charge in [0.15, 0.2) is 11.6 Å². The lowest BCUT2D eigenvalue weighted by Crippen LogP contribution is -2.47. The molecule has 2 atom stereocenters. The third-order valence-electron chi connectivity index (χ3n) is 4.14. The summed E-state index contributed by atoms with van der Waals surface area (Å²) in [7, 11) is 2.00. The number of nitrogens with zero attached hydrogens (tertiary/aromatic N) is 1. The molecule has 4 heteroatoms. The van der Waals surface area contributed by atoms with Crippen LogP contribution in [0.15, 0.2) is 18.2 Å². The van der Waals surface area contributed by atoms with E-state index in [9.17, 15) is 8.78 Å². The molecule has 1 fully saturated rings. The molecule has 1 heterocycles. The molecule has 0 aliphatic carbocycles. The third kappa shape index (κ3) is 3.31. The molecule has 2 rings (SSSR count). The molecular weight excluding hydrogens is 246 g/mol. The van der Waals surface area contributed by atoms with Gasteiger partial charge in [-0.05, 0) is 32.0 Å². The maximum absolute atomic E-state index is 13.7. The summed E-state index contributed by atoms with van der Waals surface area (Å²) in [6, 6.07) is 4.95. The maximum atomic E-state index is 13.7. The number of rotatable bonds is 4. The van der Waals surface area contributed by atoms with Crippen LogP contribution in [0, 0.1) is 17.6 Å². The minimum atomic E-state index is -0.755. The van der Waals surface area contributed by atoms with E-state index in [0.717, 1.165) is 25.9 Å². The van der Waals surface area contributed by atoms with Gasteiger partial charge in [0, 0.05) is 24.7 Å². The van der Waals surface area contributed by atoms with E-state index in [4.69, 9.17) is 0 Å². The Morgan fingerprint density at radius 2 is 2.16 bits per heavy atom. The zero-order valence-electron chi connectivity index (χ0n) is 11.6. The van der Waals surface area contributed by atoms with Crippen LogP contribution in [0.4, 0.5) is 8.78 Å². The van der Waals surface area contributed by atoms with E-state index < -0.39 is 11.6 Å². The Morgan fingerprint density at radius 1 is 1.37 bits per heavy atom. The lowest BCUT2D eigenvalue weighted by atomic mass is 9.90. The molecule has 1 saturated heterocycles. The first-order valence-electron chi connectivity index (χ1n) is 6.98. The van der Waals surface area contributed by atoms with Crippen molar-refractivity contribution in [3.63, 3.8) is 0 Å². The lowest BCUT2D eigenvalue weighted by Gasteiger charge is -2.38. The van der Waals surface area contributed by atoms with Crippen molar-refractivity contribution in [1.82, 2.24) is 10.2 Å². The molecule has 1 aromatic carbocycles. The monoisotopic (exact) mass is 268 g/mol. The smallest absolute Gasteiger partial charge is 0.163 e. The van der Waals surface area contributed by atoms with Crippen molar-refractivity contribution >= 4 is 0 Å². The fraction of sp³-hybridized carbons (Fsp3) is 0.600. The van der Waals surface area contributed by atoms with Crippen LogP contribution >= 0.6 is 0 Å². The van der Waals surface area contributed by atoms with E-state index in [0.29, 0.717) is 24.1 Å². The maximum Gasteiger partial charge on any atom is 0.163 e. The minimum Gasteiger partial charge on any atom is -0.317 e. The number of piperidine rings is 1. The normalized spacial score (nSPS) is 24.6. The van der Waals surface area contributed by atoms with E-state index in [-0.39, 0.29) is 0 Å². The second-order valence-corrected chi connectivity index (χ2v) is 5.30. The third-order valence-corrected chi connectivity index (χ3v) is 4.14. The van der Waals surface area contributed by atoms with E-state index in [1.54, 1.807) is 12.1 Å². The summed E-state index contributed by atoms with van der Waals surface area (Å²) in [5.41, 5.74) is 0.456. The highest BCUT2D eigenvalue weighted by atomic mass is 19.2. The molecule has 19 heavy (non-hydrogen) atoms. The van der Waals surface area contributed by atoms with Crippen molar-refractivity contribution in [2.75, 3.05) is 20.1 Å². The van der Waals surface area contributed by atoms with Gasteiger partial charge in [0.25, 0.3) is 0 Å². The summed E-state index contributed by atoms with van der Waals surface area (Å²) in [5, 5.41) is 3.35. The topological polar surface area (TPSA) is 15.3 Å². The first-order chi connectivity index (χ1) is 9.15. The first-order valence-corrected chi connectivity index (χ1v) is 6.98. The average molecular weight is 268 g/mol. The summed E-state index contributed by atoms with van der Waals surface area (Å²) in [4.78, 5) is 2.22. The Balaban J connectivity index is 2.02. The highest BCUT2D eigenvalue weighted by Crippen LogP contribution is 2.22. The van der Waals surface area contributed by atoms with E-state index >= 15 is 0 Å². The van der Waals surface area contributed by atoms with Gasteiger partial charge in [-0.2, -0.15) is 0 Å². The summed E-state index contributed by atoms with van der Waals surface area (Å²) in [5.74, 6) is -0.878. The number of nitrogens with one attached hydrogen (secondary N) is 1. The molecule has 2 unspecified atom stereocenters. The Kier molecular flexibility index (Phi) is 4.88. The van der Waals surface area contributed by atoms with E-state index in [2.05, 4.69) is 17.1 Å². The highest BCUT2D eigenvalue weighted by Gasteiger charge is 2.27. The van der Waals surface area contributed by atoms with Gasteiger partial charge in [-0.25, -0.2) is 8.78 Å². The van der Waals surface area contributed by atoms with Crippen LogP contribution in [0.2, 0.25) is 0 Å². The van der Waals surface area contributed by atoms with Gasteiger partial charge in [-0.1, -0.05) is 25.5 Å². The van der Waals surface area contributed by atoms with Crippen molar-refractivity contribution < 1.29 is 8.78 Å². The molecule has 0 bridgehead atoms. The first kappa shape index (κ1) is 14.4. The largest absolute Gasteiger partial charge is 0.317 e. The van der Waals surface area contributed by atoms with Crippen LogP contribution in [0.5, 0.6) is 0 Å². The molecule has 2 nitrogen and oxygen atoms in total. The SMILES string of the molecule is CCC1CN(Cc2cccc(F)c2F)CCC1NC. The molecule has 0 aromatic heterocycles. The van der Waals surface area contributed by atoms with Gasteiger partial charge in [-0.15, -0.1) is 0 Å². The van der Waals surface area contributed by atoms with Crippen molar-refractivity contribution in [3.8, 4) is 0 Å². The second kappa shape index (κ2) is 6.44. The minimum absolute atomic E-state index is 0.456. The number of hydrogen-bond donors (Lipinski definition) is 1. The highest BCUT2D eigenvalue weighted by molar-refractivity contribution is 5.19. The Morgan fingerprint density at radius 3 is 2.84 bits per heavy atom. The zero-order valence-corrected chi connectivity index (χ0v) is 11.6. The molecule has 0 radical (unpaired) electrons. The molecule has 0 saturated carbocycles. The molecule has 0 amide bonds. The fourth-order valence-corrected chi connectivity index (χ4v) is 2.96. The summed E-state index contributed by atoms with van der Waals surface area (Å²) >= 11 is 0. The Bertz CT molecular complexity index is 423. The molecule has 0 spiro atoms. The van der Waals surface area contributed by atoms with Gasteiger partial charge in [-0.3, -0.25) is 4.90 Å². The second-order valence-electron chi connectivity index (χ2n) is 5.30. The van der Waals surface area contributed by atoms with Gasteiger partial charge in [0.1, 0.15) is 0 Å². The molecule has 1 aliphatic rings. The summed E-state index contributed by atoms with van der Waals surface area (Å²) in [6.45, 7) is 4.55. The molecule has 106 valence electrons. The average Bonchev–Trinajstić information content (AvgIpc) is 2.43. The lowest BCUT2D eigenvalue weighted by molar-refractivity contribution is 0.131. The van der Waals surface area contributed by atoms with Crippen LogP contribution in [0.1, 0.15) is 25.3 Å². The molecule has 1 aromatic rings. The zero-order chi connectivity index (χ0) is 13.8. The Hall–Kier alpha value is -1.00. The predicted octanol–water partition coefficient (Wildman–Crippen LogP) is 2.78. The molecule has 1 aliphatic heterocycles. The fourth-order valence-electron chi connectivity index (χ4n) is 2.96. The molecule has 1 N–H and O–H groups in total. The van der Waals surface area contributed by atoms with Crippen LogP contribution in [0.3, 0.4) is 0 Å². The van der Waals surface area contributed by atoms with Gasteiger partial charge >= 0.3 is 0 Å². The molecular formula is C15H22F2N2. The Labute approximate surface area is 113 Å². The van der Waals surface area contributed by atoms with Gasteiger partial charge in [0.2, 0.25) is 0 Å². The van der Waals surface area contributed by atoms with Gasteiger partial charge in [0.05, 0.1) is 0 Å². The van der Waals surface area contributed by atoms with E-state index in [1.807, 2.05) is 7.05 Å². The standard InChI is InChI=1S/C15H22F2N2/c1-3-11-9-19(8-7-14(11)18-2)10-12-5-4-6-13(16)15(12)17/h4-6,11,14,18H,3,7-10H2,1-2H3. The van der Waals surface area contributed by atoms with Crippen molar-refractivity contribution in [1.29, 1.82) is 0 Å². The van der Waals surface area contributed by atoms with Gasteiger partial charge < -0.3 is 5.32 Å². The van der Waals surface area contributed by atoms with Crippen molar-refractivity contribution in [3.05, 3.63) is 35.4 Å². The van der Waals surface area contributed by atoms with Crippen LogP contribution in [-0.4, -0.2) is 31.1 Å². The number of hydrogen-bond acceptors (Lipinski definition) is 2. The summed E-state index contributed by atoms with van der Waals surface area (Å²) in [6.07, 6.45) is 2.17. The van der Waals surface area contributed by atoms with Crippen molar-refractivity contribution in [2.45, 2.75) is 32.4 Å². The predicted molar refractivity (Wildman–Crippen MR) is 72.9 cm³/mol. The quantitative estimate of drug-likeness (QED) is 0.903. The van der Waals surface area contributed by atoms with Crippen LogP contribution in [-0.2, 0) is 6.54 Å². The van der Waals surface area contributed by atoms with E-state index in [1.165, 1.54) is 6.07 Å². The summed E-state index contributed by atoms with van der Waals surface area (Å²) < 4.78 is 26.9. The number of halogens is 2. The van der Waals surface area contributed by atoms with Crippen LogP contribution in [0.25, 0.3) is 0 Å². The number of likely N-dealkylation sites (tertiary alicyclic amines) is 1. The van der Waals surface area contributed by atoms with Crippen molar-refractivity contribution in [2.24, 2.45) is 5.92 Å². The number of benzene rings is 1. The van der Waals surface area contributed by atoms with Crippen LogP contribution < -0.4 is 5.32 Å².